The van der Waals surface area contributed by atoms with E-state index in [1.807, 2.05) is 6.07 Å². The molecule has 0 amide bonds. The molecule has 6 heteroatoms. The van der Waals surface area contributed by atoms with Gasteiger partial charge in [0.15, 0.2) is 0 Å². The molecule has 3 aromatic rings. The monoisotopic (exact) mass is 332 g/mol. The summed E-state index contributed by atoms with van der Waals surface area (Å²) in [6.07, 6.45) is 0. The Morgan fingerprint density at radius 3 is 2.18 bits per heavy atom. The van der Waals surface area contributed by atoms with Gasteiger partial charge < -0.3 is 10.1 Å². The molecule has 0 aliphatic heterocycles. The van der Waals surface area contributed by atoms with Gasteiger partial charge in [-0.25, -0.2) is 0 Å². The lowest BCUT2D eigenvalue weighted by atomic mass is 10.1. The maximum atomic E-state index is 12.3. The van der Waals surface area contributed by atoms with Gasteiger partial charge in [0.1, 0.15) is 11.4 Å². The van der Waals surface area contributed by atoms with Crippen molar-refractivity contribution in [2.45, 2.75) is 0 Å². The molecule has 22 heavy (non-hydrogen) atoms. The summed E-state index contributed by atoms with van der Waals surface area (Å²) in [7, 11) is 0. The number of H-pyrrole nitrogens is 1. The number of aromatic hydroxyl groups is 1. The Hall–Kier alpha value is -2.30. The van der Waals surface area contributed by atoms with Crippen LogP contribution < -0.4 is 5.56 Å². The highest BCUT2D eigenvalue weighted by Gasteiger charge is 2.14. The van der Waals surface area contributed by atoms with E-state index in [-0.39, 0.29) is 17.3 Å². The van der Waals surface area contributed by atoms with Crippen LogP contribution in [0.3, 0.4) is 0 Å². The van der Waals surface area contributed by atoms with Gasteiger partial charge in [0.05, 0.1) is 0 Å². The molecule has 0 saturated carbocycles. The van der Waals surface area contributed by atoms with Gasteiger partial charge in [-0.3, -0.25) is 4.79 Å². The summed E-state index contributed by atoms with van der Waals surface area (Å²) >= 11 is 11.9. The summed E-state index contributed by atoms with van der Waals surface area (Å²) in [5.74, 6) is -0.146. The van der Waals surface area contributed by atoms with Crippen LogP contribution in [0.5, 0.6) is 5.88 Å². The fourth-order valence-corrected chi connectivity index (χ4v) is 2.68. The Morgan fingerprint density at radius 1 is 0.955 bits per heavy atom. The predicted molar refractivity (Wildman–Crippen MR) is 87.4 cm³/mol. The maximum absolute atomic E-state index is 12.3. The predicted octanol–water partition coefficient (Wildman–Crippen LogP) is 4.12. The molecule has 2 N–H and O–H groups in total. The zero-order valence-corrected chi connectivity index (χ0v) is 12.7. The Balaban J connectivity index is 2.16. The molecule has 4 nitrogen and oxygen atoms in total. The lowest BCUT2D eigenvalue weighted by Gasteiger charge is -2.07. The third-order valence-electron chi connectivity index (χ3n) is 3.10. The zero-order valence-electron chi connectivity index (χ0n) is 11.2. The Morgan fingerprint density at radius 2 is 1.59 bits per heavy atom. The first kappa shape index (κ1) is 14.6. The van der Waals surface area contributed by atoms with Crippen molar-refractivity contribution in [3.8, 4) is 28.4 Å². The molecular formula is C16H10Cl2N2O2. The highest BCUT2D eigenvalue weighted by Crippen LogP contribution is 2.28. The smallest absolute Gasteiger partial charge is 0.262 e. The number of nitrogens with one attached hydrogen (secondary N) is 1. The SMILES string of the molecule is O=c1[nH]c(-c2cc(Cl)cc(Cl)c2)nc(O)c1-c1ccccc1. The van der Waals surface area contributed by atoms with Gasteiger partial charge in [-0.1, -0.05) is 53.5 Å². The second kappa shape index (κ2) is 5.83. The van der Waals surface area contributed by atoms with Crippen molar-refractivity contribution in [3.63, 3.8) is 0 Å². The van der Waals surface area contributed by atoms with E-state index < -0.39 is 5.56 Å². The minimum Gasteiger partial charge on any atom is -0.493 e. The Labute approximate surface area is 136 Å². The van der Waals surface area contributed by atoms with E-state index >= 15 is 0 Å². The molecule has 0 atom stereocenters. The molecule has 0 aliphatic carbocycles. The average molecular weight is 333 g/mol. The summed E-state index contributed by atoms with van der Waals surface area (Å²) in [6.45, 7) is 0. The maximum Gasteiger partial charge on any atom is 0.262 e. The van der Waals surface area contributed by atoms with Crippen LogP contribution >= 0.6 is 23.2 Å². The van der Waals surface area contributed by atoms with Crippen molar-refractivity contribution in [1.29, 1.82) is 0 Å². The van der Waals surface area contributed by atoms with Crippen LogP contribution in [0.25, 0.3) is 22.5 Å². The molecule has 3 rings (SSSR count). The van der Waals surface area contributed by atoms with Crippen LogP contribution in [0.4, 0.5) is 0 Å². The molecule has 0 radical (unpaired) electrons. The highest BCUT2D eigenvalue weighted by molar-refractivity contribution is 6.35. The van der Waals surface area contributed by atoms with Crippen molar-refractivity contribution >= 4 is 23.2 Å². The molecule has 0 fully saturated rings. The molecule has 0 spiro atoms. The largest absolute Gasteiger partial charge is 0.493 e. The van der Waals surface area contributed by atoms with E-state index in [4.69, 9.17) is 23.2 Å². The summed E-state index contributed by atoms with van der Waals surface area (Å²) < 4.78 is 0. The van der Waals surface area contributed by atoms with Crippen molar-refractivity contribution in [2.24, 2.45) is 0 Å². The quantitative estimate of drug-likeness (QED) is 0.741. The first-order chi connectivity index (χ1) is 10.5. The molecule has 0 unspecified atom stereocenters. The van der Waals surface area contributed by atoms with Gasteiger partial charge in [0, 0.05) is 15.6 Å². The highest BCUT2D eigenvalue weighted by atomic mass is 35.5. The van der Waals surface area contributed by atoms with E-state index in [0.29, 0.717) is 21.2 Å². The van der Waals surface area contributed by atoms with Crippen LogP contribution in [0.15, 0.2) is 53.3 Å². The second-order valence-electron chi connectivity index (χ2n) is 4.64. The van der Waals surface area contributed by atoms with Crippen LogP contribution in [0.2, 0.25) is 10.0 Å². The number of halogens is 2. The molecule has 1 heterocycles. The van der Waals surface area contributed by atoms with Crippen LogP contribution in [-0.2, 0) is 0 Å². The van der Waals surface area contributed by atoms with Gasteiger partial charge in [-0.05, 0) is 23.8 Å². The second-order valence-corrected chi connectivity index (χ2v) is 5.51. The summed E-state index contributed by atoms with van der Waals surface area (Å²) in [5, 5.41) is 11.0. The van der Waals surface area contributed by atoms with Crippen molar-refractivity contribution in [2.75, 3.05) is 0 Å². The van der Waals surface area contributed by atoms with Crippen LogP contribution in [0.1, 0.15) is 0 Å². The van der Waals surface area contributed by atoms with Crippen molar-refractivity contribution in [3.05, 3.63) is 68.9 Å². The van der Waals surface area contributed by atoms with E-state index in [0.717, 1.165) is 0 Å². The normalized spacial score (nSPS) is 10.6. The van der Waals surface area contributed by atoms with E-state index in [1.54, 1.807) is 42.5 Å². The van der Waals surface area contributed by atoms with E-state index in [2.05, 4.69) is 9.97 Å². The van der Waals surface area contributed by atoms with Crippen molar-refractivity contribution < 1.29 is 5.11 Å². The molecule has 0 aliphatic rings. The van der Waals surface area contributed by atoms with Gasteiger partial charge >= 0.3 is 0 Å². The first-order valence-electron chi connectivity index (χ1n) is 6.40. The average Bonchev–Trinajstić information content (AvgIpc) is 2.46. The summed E-state index contributed by atoms with van der Waals surface area (Å²) in [6, 6.07) is 13.6. The summed E-state index contributed by atoms with van der Waals surface area (Å²) in [4.78, 5) is 19.0. The number of aromatic amines is 1. The number of nitrogens with zero attached hydrogens (tertiary/aromatic N) is 1. The fourth-order valence-electron chi connectivity index (χ4n) is 2.15. The third kappa shape index (κ3) is 2.84. The van der Waals surface area contributed by atoms with Gasteiger partial charge in [-0.15, -0.1) is 0 Å². The van der Waals surface area contributed by atoms with Crippen LogP contribution in [-0.4, -0.2) is 15.1 Å². The fraction of sp³-hybridized carbons (Fsp3) is 0. The number of hydrogen-bond donors (Lipinski definition) is 2. The molecule has 2 aromatic carbocycles. The molecule has 0 saturated heterocycles. The first-order valence-corrected chi connectivity index (χ1v) is 7.15. The van der Waals surface area contributed by atoms with Gasteiger partial charge in [-0.2, -0.15) is 4.98 Å². The Kier molecular flexibility index (Phi) is 3.88. The summed E-state index contributed by atoms with van der Waals surface area (Å²) in [5.41, 5.74) is 0.788. The molecule has 110 valence electrons. The topological polar surface area (TPSA) is 66.0 Å². The van der Waals surface area contributed by atoms with Gasteiger partial charge in [0.25, 0.3) is 5.56 Å². The van der Waals surface area contributed by atoms with Crippen LogP contribution in [0, 0.1) is 0 Å². The van der Waals surface area contributed by atoms with E-state index in [1.165, 1.54) is 0 Å². The zero-order chi connectivity index (χ0) is 15.7. The number of hydrogen-bond acceptors (Lipinski definition) is 3. The third-order valence-corrected chi connectivity index (χ3v) is 3.54. The van der Waals surface area contributed by atoms with Gasteiger partial charge in [0.2, 0.25) is 5.88 Å². The number of rotatable bonds is 2. The number of aromatic nitrogens is 2. The van der Waals surface area contributed by atoms with E-state index in [9.17, 15) is 9.90 Å². The minimum atomic E-state index is -0.440. The minimum absolute atomic E-state index is 0.123. The molecule has 0 bridgehead atoms. The van der Waals surface area contributed by atoms with Crippen molar-refractivity contribution in [1.82, 2.24) is 9.97 Å². The Bertz CT molecular complexity index is 872. The molecular weight excluding hydrogens is 323 g/mol. The number of benzene rings is 2. The lowest BCUT2D eigenvalue weighted by molar-refractivity contribution is 0.454. The standard InChI is InChI=1S/C16H10Cl2N2O2/c17-11-6-10(7-12(18)8-11)14-19-15(21)13(16(22)20-14)9-4-2-1-3-5-9/h1-8H,(H2,19,20,21,22). The lowest BCUT2D eigenvalue weighted by Crippen LogP contribution is -2.12. The molecule has 1 aromatic heterocycles.